The van der Waals surface area contributed by atoms with Crippen LogP contribution in [0.1, 0.15) is 337 Å². The van der Waals surface area contributed by atoms with Crippen LogP contribution in [0.25, 0.3) is 0 Å². The van der Waals surface area contributed by atoms with Gasteiger partial charge in [-0.15, -0.1) is 0 Å². The summed E-state index contributed by atoms with van der Waals surface area (Å²) >= 11 is 0. The van der Waals surface area contributed by atoms with Crippen LogP contribution in [0.5, 0.6) is 5.75 Å². The van der Waals surface area contributed by atoms with E-state index in [2.05, 4.69) is 161 Å². The number of rotatable bonds is 33. The molecule has 130 heavy (non-hydrogen) atoms. The van der Waals surface area contributed by atoms with Crippen LogP contribution in [-0.4, -0.2) is 160 Å². The number of carbonyl (C=O) groups is 8. The minimum atomic E-state index is -1.36. The Morgan fingerprint density at radius 1 is 0.400 bits per heavy atom. The van der Waals surface area contributed by atoms with E-state index in [-0.39, 0.29) is 75.6 Å². The molecular formula is C100H145B4N3O23. The molecule has 2 unspecified atom stereocenters. The molecule has 0 saturated heterocycles. The number of hydrogen-bond acceptors (Lipinski definition) is 20. The smallest absolute Gasteiger partial charge is 0.488 e. The Labute approximate surface area is 771 Å². The van der Waals surface area contributed by atoms with E-state index in [9.17, 15) is 43.5 Å². The number of nitrogens with one attached hydrogen (secondary N) is 3. The van der Waals surface area contributed by atoms with Crippen molar-refractivity contribution in [3.63, 3.8) is 0 Å². The van der Waals surface area contributed by atoms with Crippen molar-refractivity contribution >= 4 is 92.7 Å². The highest BCUT2D eigenvalue weighted by Crippen LogP contribution is 2.41. The van der Waals surface area contributed by atoms with Gasteiger partial charge in [0, 0.05) is 36.6 Å². The second-order valence-corrected chi connectivity index (χ2v) is 36.9. The van der Waals surface area contributed by atoms with Gasteiger partial charge in [0.1, 0.15) is 18.1 Å². The highest BCUT2D eigenvalue weighted by molar-refractivity contribution is 6.58. The van der Waals surface area contributed by atoms with E-state index in [1.807, 2.05) is 26.0 Å². The number of carbonyl (C=O) groups excluding carboxylic acids is 2. The third kappa shape index (κ3) is 43.4. The van der Waals surface area contributed by atoms with Crippen LogP contribution in [0, 0.1) is 47.3 Å². The summed E-state index contributed by atoms with van der Waals surface area (Å²) < 4.78 is 5.63. The van der Waals surface area contributed by atoms with Gasteiger partial charge >= 0.3 is 64.3 Å². The van der Waals surface area contributed by atoms with Gasteiger partial charge < -0.3 is 91.5 Å². The molecule has 17 N–H and O–H groups in total. The maximum atomic E-state index is 11.5. The van der Waals surface area contributed by atoms with Crippen molar-refractivity contribution < 1.29 is 114 Å². The summed E-state index contributed by atoms with van der Waals surface area (Å²) in [4.78, 5) is 89.1. The molecule has 2 atom stereocenters. The summed E-state index contributed by atoms with van der Waals surface area (Å²) in [5.41, 5.74) is 9.56. The lowest BCUT2D eigenvalue weighted by Gasteiger charge is -2.31. The van der Waals surface area contributed by atoms with E-state index < -0.39 is 64.3 Å². The number of ether oxygens (including phenoxy) is 1. The molecule has 0 spiro atoms. The zero-order valence-electron chi connectivity index (χ0n) is 79.4. The molecule has 26 nitrogen and oxygen atoms in total. The number of anilines is 2. The lowest BCUT2D eigenvalue weighted by molar-refractivity contribution is -0.116. The maximum Gasteiger partial charge on any atom is 0.488 e. The molecule has 0 heterocycles. The van der Waals surface area contributed by atoms with Gasteiger partial charge in [-0.25, -0.2) is 28.8 Å². The minimum Gasteiger partial charge on any atom is -0.489 e. The zero-order chi connectivity index (χ0) is 97.9. The Morgan fingerprint density at radius 2 is 0.800 bits per heavy atom. The van der Waals surface area contributed by atoms with E-state index >= 15 is 0 Å². The monoisotopic (exact) mass is 1800 g/mol. The molecular weight excluding hydrogens is 1650 g/mol. The molecule has 7 aromatic rings. The van der Waals surface area contributed by atoms with Crippen molar-refractivity contribution in [2.24, 2.45) is 47.3 Å². The Hall–Kier alpha value is -10.0. The topological polar surface area (TPSA) is 465 Å². The lowest BCUT2D eigenvalue weighted by atomic mass is 9.62. The second kappa shape index (κ2) is 58.7. The fraction of sp³-hybridized carbons (Fsp3) is 0.500. The quantitative estimate of drug-likeness (QED) is 0.0134. The Bertz CT molecular complexity index is 4450. The number of aromatic carboxylic acids is 6. The van der Waals surface area contributed by atoms with Crippen LogP contribution >= 0.6 is 0 Å². The van der Waals surface area contributed by atoms with E-state index in [1.54, 1.807) is 42.5 Å². The highest BCUT2D eigenvalue weighted by atomic mass is 16.5. The first-order chi connectivity index (χ1) is 61.0. The summed E-state index contributed by atoms with van der Waals surface area (Å²) in [7, 11) is -4.64. The van der Waals surface area contributed by atoms with Crippen LogP contribution in [0.2, 0.25) is 18.0 Å². The van der Waals surface area contributed by atoms with E-state index in [1.165, 1.54) is 118 Å². The SMILES string of the molecule is CC(=O)CNCc1cc(C(=O)O)cc(C(=O)O)c1C(C)C.CC(=O)c1cc(NCc2ccc(C(C)C)cc2)cc(C(=O)O)c1.CC(C)C1CCC(B(O)O)C1.CC(C)C1CCC(B(O)O)CC1.CC(C)C1CCC(CNc2cc(C(=O)O)cc(C(=O)O)c2)CC1.CC(C)CCB(O)O.CC(C)c1ccc(B(O)O)cc1.CC(C)c1ccc(COc2ccc(C(=O)O)cc2)cc1. The lowest BCUT2D eigenvalue weighted by Crippen LogP contribution is -2.29. The van der Waals surface area contributed by atoms with Crippen LogP contribution in [-0.2, 0) is 24.5 Å². The fourth-order valence-electron chi connectivity index (χ4n) is 15.2. The van der Waals surface area contributed by atoms with Crippen molar-refractivity contribution in [2.75, 3.05) is 23.7 Å². The maximum absolute atomic E-state index is 11.5. The molecule has 0 aliphatic heterocycles. The number of Topliss-reactive ketones (excluding diaryl/α,β-unsaturated/α-hetero) is 2. The van der Waals surface area contributed by atoms with Crippen LogP contribution < -0.4 is 26.2 Å². The molecule has 0 bridgehead atoms. The summed E-state index contributed by atoms with van der Waals surface area (Å²) in [6.45, 7) is 39.1. The van der Waals surface area contributed by atoms with Crippen LogP contribution in [0.3, 0.4) is 0 Å². The number of hydrogen-bond donors (Lipinski definition) is 17. The molecule has 30 heteroatoms. The van der Waals surface area contributed by atoms with Crippen molar-refractivity contribution in [3.05, 3.63) is 223 Å². The fourth-order valence-corrected chi connectivity index (χ4v) is 15.2. The van der Waals surface area contributed by atoms with Gasteiger partial charge in [0.15, 0.2) is 5.78 Å². The van der Waals surface area contributed by atoms with Gasteiger partial charge in [-0.05, 0) is 252 Å². The highest BCUT2D eigenvalue weighted by Gasteiger charge is 2.34. The average molecular weight is 1800 g/mol. The molecule has 3 aliphatic carbocycles. The largest absolute Gasteiger partial charge is 0.489 e. The summed E-state index contributed by atoms with van der Waals surface area (Å²) in [5.74, 6) is 1.24. The third-order valence-electron chi connectivity index (χ3n) is 23.7. The molecule has 0 amide bonds. The Morgan fingerprint density at radius 3 is 1.16 bits per heavy atom. The Balaban J connectivity index is 0.000000391. The summed E-state index contributed by atoms with van der Waals surface area (Å²) in [5, 5.41) is 134. The first-order valence-corrected chi connectivity index (χ1v) is 45.5. The van der Waals surface area contributed by atoms with E-state index in [0.717, 1.165) is 73.4 Å². The minimum absolute atomic E-state index is 0.00378. The number of carboxylic acid groups (broad SMARTS) is 6. The standard InChI is InChI=1S/C19H21NO3.C18H25NO4.C17H18O3.C15H19NO5.C9H19BO2.C9H13BO2.C8H17BO2.C5H13BO2/c1-12(2)15-6-4-14(5-7-15)11-20-18-9-16(13(3)21)8-17(10-18)19(22)23;1-11(2)13-5-3-12(4-6-13)10-19-16-8-14(17(20)21)7-15(9-16)18(22)23;1-12(2)14-5-3-13(4-6-14)11-20-16-9-7-15(8-10-16)17(18)19;1-8(2)13-11(7-16-6-9(3)17)4-10(14(18)19)5-12(13)15(20)21;2*1-7(2)8-3-5-9(6-4-8)10(11)12;1-6(2)7-3-4-8(5-7)9(10)11;1-5(2)3-4-6(7)8/h4-10,12,20H,11H2,1-3H3,(H,22,23);7-9,11-13,19H,3-6,10H2,1-2H3,(H,20,21)(H,22,23);3-10,12H,11H2,1-2H3,(H,18,19);4-5,8,16H,6-7H2,1-3H3,(H,18,19)(H,20,21);7-9,11-12H,3-6H2,1-2H3;3-7,11-12H,1-2H3;6-8,10-11H,3-5H2,1-2H3;5,7-8H,3-4H2,1-2H3. The second-order valence-electron chi connectivity index (χ2n) is 36.9. The van der Waals surface area contributed by atoms with Gasteiger partial charge in [-0.3, -0.25) is 9.59 Å². The van der Waals surface area contributed by atoms with Gasteiger partial charge in [0.2, 0.25) is 0 Å². The first-order valence-electron chi connectivity index (χ1n) is 45.5. The zero-order valence-corrected chi connectivity index (χ0v) is 79.4. The van der Waals surface area contributed by atoms with Gasteiger partial charge in [0.05, 0.1) is 39.9 Å². The molecule has 0 radical (unpaired) electrons. The third-order valence-corrected chi connectivity index (χ3v) is 23.7. The van der Waals surface area contributed by atoms with E-state index in [0.29, 0.717) is 100 Å². The van der Waals surface area contributed by atoms with Crippen molar-refractivity contribution in [1.82, 2.24) is 5.32 Å². The molecule has 0 aromatic heterocycles. The summed E-state index contributed by atoms with van der Waals surface area (Å²) in [6, 6.07) is 41.8. The molecule has 3 fully saturated rings. The molecule has 3 saturated carbocycles. The van der Waals surface area contributed by atoms with Gasteiger partial charge in [-0.2, -0.15) is 0 Å². The number of ketones is 2. The molecule has 10 rings (SSSR count). The van der Waals surface area contributed by atoms with Crippen molar-refractivity contribution in [2.45, 2.75) is 263 Å². The average Bonchev–Trinajstić information content (AvgIpc) is 0.894. The first kappa shape index (κ1) is 114. The normalized spacial score (nSPS) is 16.0. The predicted octanol–water partition coefficient (Wildman–Crippen LogP) is 18.2. The van der Waals surface area contributed by atoms with Gasteiger partial charge in [-0.1, -0.05) is 229 Å². The van der Waals surface area contributed by atoms with Gasteiger partial charge in [0.25, 0.3) is 0 Å². The molecule has 3 aliphatic rings. The Kier molecular flexibility index (Phi) is 51.6. The van der Waals surface area contributed by atoms with Crippen molar-refractivity contribution in [3.8, 4) is 5.75 Å². The molecule has 7 aromatic carbocycles. The van der Waals surface area contributed by atoms with Crippen molar-refractivity contribution in [1.29, 1.82) is 0 Å². The van der Waals surface area contributed by atoms with Crippen LogP contribution in [0.4, 0.5) is 11.4 Å². The summed E-state index contributed by atoms with van der Waals surface area (Å²) in [6.07, 6.45) is 13.6. The number of benzene rings is 7. The predicted molar refractivity (Wildman–Crippen MR) is 517 cm³/mol. The number of carboxylic acids is 6. The molecule has 710 valence electrons. The van der Waals surface area contributed by atoms with E-state index in [4.69, 9.17) is 70.5 Å². The van der Waals surface area contributed by atoms with Crippen LogP contribution in [0.15, 0.2) is 146 Å².